The largest absolute Gasteiger partial charge is 0.497 e. The number of nitrogens with two attached hydrogens (primary N) is 1. The smallest absolute Gasteiger partial charge is 0.253 e. The van der Waals surface area contributed by atoms with Gasteiger partial charge in [0.25, 0.3) is 5.91 Å². The molecule has 0 radical (unpaired) electrons. The zero-order chi connectivity index (χ0) is 15.2. The van der Waals surface area contributed by atoms with Crippen molar-refractivity contribution in [1.29, 1.82) is 0 Å². The third kappa shape index (κ3) is 5.05. The van der Waals surface area contributed by atoms with Gasteiger partial charge in [0.05, 0.1) is 31.2 Å². The van der Waals surface area contributed by atoms with Gasteiger partial charge in [0.15, 0.2) is 0 Å². The van der Waals surface area contributed by atoms with Gasteiger partial charge in [-0.2, -0.15) is 0 Å². The summed E-state index contributed by atoms with van der Waals surface area (Å²) in [5.41, 5.74) is 6.84. The van der Waals surface area contributed by atoms with Crippen molar-refractivity contribution in [3.8, 4) is 5.75 Å². The second kappa shape index (κ2) is 8.82. The quantitative estimate of drug-likeness (QED) is 0.781. The van der Waals surface area contributed by atoms with E-state index in [9.17, 15) is 4.79 Å². The Morgan fingerprint density at radius 1 is 1.55 bits per heavy atom. The Morgan fingerprint density at radius 2 is 2.32 bits per heavy atom. The first-order valence-electron chi connectivity index (χ1n) is 7.07. The molecule has 1 fully saturated rings. The summed E-state index contributed by atoms with van der Waals surface area (Å²) in [6.07, 6.45) is 1.56. The van der Waals surface area contributed by atoms with Gasteiger partial charge in [0.2, 0.25) is 0 Å². The summed E-state index contributed by atoms with van der Waals surface area (Å²) in [5, 5.41) is 2.75. The van der Waals surface area contributed by atoms with E-state index in [1.165, 1.54) is 0 Å². The summed E-state index contributed by atoms with van der Waals surface area (Å²) in [4.78, 5) is 12.1. The molecule has 0 aliphatic carbocycles. The third-order valence-corrected chi connectivity index (χ3v) is 3.44. The maximum atomic E-state index is 12.1. The van der Waals surface area contributed by atoms with Crippen LogP contribution in [0.1, 0.15) is 19.8 Å². The van der Waals surface area contributed by atoms with Crippen LogP contribution in [0.25, 0.3) is 0 Å². The summed E-state index contributed by atoms with van der Waals surface area (Å²) < 4.78 is 16.1. The molecule has 2 rings (SSSR count). The summed E-state index contributed by atoms with van der Waals surface area (Å²) in [6, 6.07) is 5.11. The molecule has 1 aliphatic rings. The standard InChI is InChI=1S/C15H22N2O4.ClH/c1-10(21-9-12-4-3-7-20-12)15(18)17-14-8-11(19-2)5-6-13(14)16;/h5-6,8,10,12H,3-4,7,9,16H2,1-2H3,(H,17,18);1H. The van der Waals surface area contributed by atoms with Crippen molar-refractivity contribution < 1.29 is 19.0 Å². The molecule has 3 N–H and O–H groups in total. The number of halogens is 1. The van der Waals surface area contributed by atoms with Crippen LogP contribution in [0.3, 0.4) is 0 Å². The molecule has 2 atom stereocenters. The van der Waals surface area contributed by atoms with Crippen molar-refractivity contribution in [2.75, 3.05) is 31.4 Å². The van der Waals surface area contributed by atoms with E-state index >= 15 is 0 Å². The fourth-order valence-corrected chi connectivity index (χ4v) is 2.11. The number of nitrogen functional groups attached to an aromatic ring is 1. The molecule has 1 saturated heterocycles. The van der Waals surface area contributed by atoms with Crippen LogP contribution in [0.4, 0.5) is 11.4 Å². The van der Waals surface area contributed by atoms with Crippen LogP contribution in [0.2, 0.25) is 0 Å². The fourth-order valence-electron chi connectivity index (χ4n) is 2.11. The van der Waals surface area contributed by atoms with Gasteiger partial charge in [-0.05, 0) is 31.9 Å². The second-order valence-electron chi connectivity index (χ2n) is 5.05. The number of methoxy groups -OCH3 is 1. The van der Waals surface area contributed by atoms with E-state index in [2.05, 4.69) is 5.32 Å². The zero-order valence-corrected chi connectivity index (χ0v) is 13.7. The van der Waals surface area contributed by atoms with E-state index in [0.29, 0.717) is 23.7 Å². The first kappa shape index (κ1) is 18.5. The predicted molar refractivity (Wildman–Crippen MR) is 87.7 cm³/mol. The van der Waals surface area contributed by atoms with E-state index in [4.69, 9.17) is 19.9 Å². The number of carbonyl (C=O) groups excluding carboxylic acids is 1. The maximum absolute atomic E-state index is 12.1. The van der Waals surface area contributed by atoms with Crippen molar-refractivity contribution in [2.45, 2.75) is 32.0 Å². The molecule has 22 heavy (non-hydrogen) atoms. The van der Waals surface area contributed by atoms with Gasteiger partial charge in [-0.25, -0.2) is 0 Å². The van der Waals surface area contributed by atoms with Crippen molar-refractivity contribution in [3.63, 3.8) is 0 Å². The van der Waals surface area contributed by atoms with E-state index in [-0.39, 0.29) is 24.4 Å². The molecule has 124 valence electrons. The number of benzene rings is 1. The molecule has 0 aromatic heterocycles. The lowest BCUT2D eigenvalue weighted by molar-refractivity contribution is -0.128. The van der Waals surface area contributed by atoms with Gasteiger partial charge in [-0.15, -0.1) is 12.4 Å². The van der Waals surface area contributed by atoms with Crippen molar-refractivity contribution in [3.05, 3.63) is 18.2 Å². The molecule has 1 heterocycles. The number of hydrogen-bond donors (Lipinski definition) is 2. The third-order valence-electron chi connectivity index (χ3n) is 3.44. The Labute approximate surface area is 136 Å². The molecule has 7 heteroatoms. The Kier molecular flexibility index (Phi) is 7.44. The van der Waals surface area contributed by atoms with E-state index in [1.807, 2.05) is 0 Å². The number of ether oxygens (including phenoxy) is 3. The summed E-state index contributed by atoms with van der Waals surface area (Å²) in [5.74, 6) is 0.389. The lowest BCUT2D eigenvalue weighted by Crippen LogP contribution is -2.30. The summed E-state index contributed by atoms with van der Waals surface area (Å²) >= 11 is 0. The van der Waals surface area contributed by atoms with Gasteiger partial charge in [-0.1, -0.05) is 0 Å². The highest BCUT2D eigenvalue weighted by molar-refractivity contribution is 5.96. The Bertz CT molecular complexity index is 492. The highest BCUT2D eigenvalue weighted by Gasteiger charge is 2.20. The molecular formula is C15H23ClN2O4. The average Bonchev–Trinajstić information content (AvgIpc) is 3.00. The van der Waals surface area contributed by atoms with Gasteiger partial charge in [0, 0.05) is 12.7 Å². The van der Waals surface area contributed by atoms with Crippen LogP contribution in [0, 0.1) is 0 Å². The molecule has 1 aromatic carbocycles. The average molecular weight is 331 g/mol. The minimum Gasteiger partial charge on any atom is -0.497 e. The van der Waals surface area contributed by atoms with Crippen LogP contribution < -0.4 is 15.8 Å². The predicted octanol–water partition coefficient (Wildman–Crippen LogP) is 2.22. The van der Waals surface area contributed by atoms with Crippen LogP contribution >= 0.6 is 12.4 Å². The van der Waals surface area contributed by atoms with Gasteiger partial charge in [0.1, 0.15) is 11.9 Å². The number of rotatable bonds is 6. The topological polar surface area (TPSA) is 82.8 Å². The Balaban J connectivity index is 0.00000242. The molecule has 0 spiro atoms. The lowest BCUT2D eigenvalue weighted by Gasteiger charge is -2.17. The van der Waals surface area contributed by atoms with E-state index in [1.54, 1.807) is 32.2 Å². The van der Waals surface area contributed by atoms with Gasteiger partial charge >= 0.3 is 0 Å². The highest BCUT2D eigenvalue weighted by atomic mass is 35.5. The number of carbonyl (C=O) groups is 1. The molecular weight excluding hydrogens is 308 g/mol. The SMILES string of the molecule is COc1ccc(N)c(NC(=O)C(C)OCC2CCCO2)c1.Cl. The summed E-state index contributed by atoms with van der Waals surface area (Å²) in [6.45, 7) is 2.91. The van der Waals surface area contributed by atoms with Gasteiger partial charge < -0.3 is 25.3 Å². The van der Waals surface area contributed by atoms with Crippen molar-refractivity contribution in [1.82, 2.24) is 0 Å². The van der Waals surface area contributed by atoms with Crippen LogP contribution in [-0.4, -0.2) is 38.4 Å². The minimum absolute atomic E-state index is 0. The number of hydrogen-bond acceptors (Lipinski definition) is 5. The number of nitrogens with one attached hydrogen (secondary N) is 1. The lowest BCUT2D eigenvalue weighted by atomic mass is 10.2. The molecule has 1 aromatic rings. The number of anilines is 2. The minimum atomic E-state index is -0.570. The normalized spacial score (nSPS) is 18.4. The molecule has 1 amide bonds. The zero-order valence-electron chi connectivity index (χ0n) is 12.8. The maximum Gasteiger partial charge on any atom is 0.253 e. The first-order valence-corrected chi connectivity index (χ1v) is 7.07. The van der Waals surface area contributed by atoms with Crippen LogP contribution in [0.15, 0.2) is 18.2 Å². The Hall–Kier alpha value is -1.50. The van der Waals surface area contributed by atoms with Crippen LogP contribution in [0.5, 0.6) is 5.75 Å². The summed E-state index contributed by atoms with van der Waals surface area (Å²) in [7, 11) is 1.56. The van der Waals surface area contributed by atoms with E-state index < -0.39 is 6.10 Å². The molecule has 2 unspecified atom stereocenters. The molecule has 1 aliphatic heterocycles. The molecule has 0 saturated carbocycles. The second-order valence-corrected chi connectivity index (χ2v) is 5.05. The van der Waals surface area contributed by atoms with Gasteiger partial charge in [-0.3, -0.25) is 4.79 Å². The fraction of sp³-hybridized carbons (Fsp3) is 0.533. The molecule has 0 bridgehead atoms. The van der Waals surface area contributed by atoms with Crippen molar-refractivity contribution in [2.24, 2.45) is 0 Å². The van der Waals surface area contributed by atoms with Crippen LogP contribution in [-0.2, 0) is 14.3 Å². The molecule has 6 nitrogen and oxygen atoms in total. The van der Waals surface area contributed by atoms with Crippen molar-refractivity contribution >= 4 is 29.7 Å². The highest BCUT2D eigenvalue weighted by Crippen LogP contribution is 2.24. The monoisotopic (exact) mass is 330 g/mol. The number of amides is 1. The Morgan fingerprint density at radius 3 is 2.95 bits per heavy atom. The first-order chi connectivity index (χ1) is 10.1. The van der Waals surface area contributed by atoms with E-state index in [0.717, 1.165) is 19.4 Å².